The number of hydrogen-bond acceptors (Lipinski definition) is 8. The number of amides is 1. The molecule has 0 radical (unpaired) electrons. The lowest BCUT2D eigenvalue weighted by molar-refractivity contribution is -0.128. The van der Waals surface area contributed by atoms with Crippen molar-refractivity contribution < 1.29 is 13.9 Å². The molecule has 2 aromatic carbocycles. The molecule has 10 nitrogen and oxygen atoms in total. The summed E-state index contributed by atoms with van der Waals surface area (Å²) in [4.78, 5) is 23.5. The van der Waals surface area contributed by atoms with Gasteiger partial charge in [-0.25, -0.2) is 19.0 Å². The van der Waals surface area contributed by atoms with E-state index in [-0.39, 0.29) is 28.9 Å². The number of rotatable bonds is 7. The molecule has 4 aromatic rings. The molecule has 1 amide bonds. The van der Waals surface area contributed by atoms with E-state index in [9.17, 15) is 10.1 Å². The molecule has 2 aromatic heterocycles. The number of nitrogens with two attached hydrogens (primary N) is 1. The third-order valence-corrected chi connectivity index (χ3v) is 7.22. The third kappa shape index (κ3) is 5.73. The van der Waals surface area contributed by atoms with Crippen molar-refractivity contribution in [1.29, 1.82) is 5.26 Å². The number of anilines is 1. The quantitative estimate of drug-likeness (QED) is 0.250. The van der Waals surface area contributed by atoms with Crippen molar-refractivity contribution in [3.8, 4) is 28.8 Å². The molecule has 1 saturated heterocycles. The van der Waals surface area contributed by atoms with E-state index in [4.69, 9.17) is 15.6 Å². The van der Waals surface area contributed by atoms with Gasteiger partial charge in [-0.05, 0) is 64.1 Å². The van der Waals surface area contributed by atoms with Gasteiger partial charge in [0.2, 0.25) is 0 Å². The number of hydrogen-bond donors (Lipinski definition) is 2. The number of halogens is 1. The molecule has 1 atom stereocenters. The van der Waals surface area contributed by atoms with E-state index in [0.29, 0.717) is 54.2 Å². The molecule has 3 heterocycles. The zero-order valence-electron chi connectivity index (χ0n) is 23.1. The Bertz CT molecular complexity index is 1660. The number of aromatic nitrogens is 4. The number of carbonyl (C=O) groups excluding carboxylic acids is 1. The number of carbonyl (C=O) groups is 1. The summed E-state index contributed by atoms with van der Waals surface area (Å²) in [5.74, 6) is 0.228. The van der Waals surface area contributed by atoms with Crippen LogP contribution < -0.4 is 15.8 Å². The molecule has 0 spiro atoms. The second-order valence-electron chi connectivity index (χ2n) is 10.5. The lowest BCUT2D eigenvalue weighted by atomic mass is 10.00. The minimum atomic E-state index is -0.537. The summed E-state index contributed by atoms with van der Waals surface area (Å²) in [5.41, 5.74) is 6.78. The van der Waals surface area contributed by atoms with E-state index in [1.165, 1.54) is 12.4 Å². The van der Waals surface area contributed by atoms with Gasteiger partial charge < -0.3 is 20.7 Å². The summed E-state index contributed by atoms with van der Waals surface area (Å²) in [6.45, 7) is 4.59. The zero-order chi connectivity index (χ0) is 29.1. The summed E-state index contributed by atoms with van der Waals surface area (Å²) in [5, 5.41) is 18.0. The molecule has 210 valence electrons. The maximum atomic E-state index is 15.5. The van der Waals surface area contributed by atoms with Crippen molar-refractivity contribution in [2.24, 2.45) is 0 Å². The Labute approximate surface area is 237 Å². The van der Waals surface area contributed by atoms with Crippen LogP contribution in [0.2, 0.25) is 0 Å². The van der Waals surface area contributed by atoms with Crippen LogP contribution in [0.5, 0.6) is 11.5 Å². The number of likely N-dealkylation sites (N-methyl/N-ethyl adjacent to an activating group) is 1. The van der Waals surface area contributed by atoms with Crippen molar-refractivity contribution in [1.82, 2.24) is 30.0 Å². The average molecular weight is 555 g/mol. The van der Waals surface area contributed by atoms with Crippen molar-refractivity contribution in [2.45, 2.75) is 38.3 Å². The molecule has 1 aliphatic rings. The summed E-state index contributed by atoms with van der Waals surface area (Å²) in [7, 11) is 1.77. The summed E-state index contributed by atoms with van der Waals surface area (Å²) < 4.78 is 23.0. The fraction of sp³-hybridized carbons (Fsp3) is 0.300. The predicted molar refractivity (Wildman–Crippen MR) is 153 cm³/mol. The molecule has 0 aliphatic carbocycles. The van der Waals surface area contributed by atoms with Crippen LogP contribution in [0.15, 0.2) is 66.5 Å². The summed E-state index contributed by atoms with van der Waals surface area (Å²) in [6.07, 6.45) is 4.39. The van der Waals surface area contributed by atoms with E-state index in [1.807, 2.05) is 32.0 Å². The third-order valence-electron chi connectivity index (χ3n) is 7.22. The van der Waals surface area contributed by atoms with Gasteiger partial charge in [-0.2, -0.15) is 10.4 Å². The molecule has 0 bridgehead atoms. The van der Waals surface area contributed by atoms with Crippen molar-refractivity contribution >= 4 is 22.8 Å². The van der Waals surface area contributed by atoms with Gasteiger partial charge in [-0.15, -0.1) is 0 Å². The molecule has 3 N–H and O–H groups in total. The average Bonchev–Trinajstić information content (AvgIpc) is 3.37. The second kappa shape index (κ2) is 11.3. The Hall–Kier alpha value is -4.82. The first-order valence-corrected chi connectivity index (χ1v) is 13.3. The highest BCUT2D eigenvalue weighted by molar-refractivity contribution is 5.99. The number of nitrogens with zero attached hydrogens (tertiary/aromatic N) is 6. The lowest BCUT2D eigenvalue weighted by Gasteiger charge is -2.33. The minimum absolute atomic E-state index is 0.0717. The number of fused-ring (bicyclic) bond motifs is 1. The van der Waals surface area contributed by atoms with Gasteiger partial charge in [0, 0.05) is 30.3 Å². The van der Waals surface area contributed by atoms with E-state index in [0.717, 1.165) is 0 Å². The molecular weight excluding hydrogens is 523 g/mol. The first-order valence-electron chi connectivity index (χ1n) is 13.3. The fourth-order valence-electron chi connectivity index (χ4n) is 4.90. The molecular formula is C30H31FN8O2. The molecule has 5 rings (SSSR count). The van der Waals surface area contributed by atoms with Crippen LogP contribution >= 0.6 is 0 Å². The maximum Gasteiger partial charge on any atom is 0.264 e. The van der Waals surface area contributed by atoms with Gasteiger partial charge in [0.1, 0.15) is 46.8 Å². The summed E-state index contributed by atoms with van der Waals surface area (Å²) >= 11 is 0. The lowest BCUT2D eigenvalue weighted by Crippen LogP contribution is -2.42. The number of nitriles is 1. The fourth-order valence-corrected chi connectivity index (χ4v) is 4.90. The van der Waals surface area contributed by atoms with Crippen LogP contribution in [0.3, 0.4) is 0 Å². The Morgan fingerprint density at radius 1 is 1.22 bits per heavy atom. The molecule has 11 heteroatoms. The molecule has 1 aliphatic heterocycles. The highest BCUT2D eigenvalue weighted by atomic mass is 19.1. The number of piperidine rings is 1. The topological polar surface area (TPSA) is 135 Å². The van der Waals surface area contributed by atoms with Gasteiger partial charge in [-0.3, -0.25) is 4.79 Å². The van der Waals surface area contributed by atoms with Crippen LogP contribution in [0, 0.1) is 17.1 Å². The highest BCUT2D eigenvalue weighted by Crippen LogP contribution is 2.36. The Morgan fingerprint density at radius 3 is 2.71 bits per heavy atom. The van der Waals surface area contributed by atoms with Crippen LogP contribution in [-0.2, 0) is 4.79 Å². The monoisotopic (exact) mass is 554 g/mol. The van der Waals surface area contributed by atoms with E-state index in [2.05, 4.69) is 21.4 Å². The predicted octanol–water partition coefficient (Wildman–Crippen LogP) is 4.62. The van der Waals surface area contributed by atoms with Crippen LogP contribution in [0.4, 0.5) is 10.2 Å². The molecule has 41 heavy (non-hydrogen) atoms. The van der Waals surface area contributed by atoms with Crippen molar-refractivity contribution in [3.05, 3.63) is 72.3 Å². The van der Waals surface area contributed by atoms with Crippen LogP contribution in [0.1, 0.15) is 32.7 Å². The van der Waals surface area contributed by atoms with E-state index < -0.39 is 11.4 Å². The smallest absolute Gasteiger partial charge is 0.264 e. The summed E-state index contributed by atoms with van der Waals surface area (Å²) in [6, 6.07) is 15.5. The maximum absolute atomic E-state index is 15.5. The first-order chi connectivity index (χ1) is 19.7. The minimum Gasteiger partial charge on any atom is -0.457 e. The Balaban J connectivity index is 1.48. The van der Waals surface area contributed by atoms with Gasteiger partial charge in [0.05, 0.1) is 11.4 Å². The highest BCUT2D eigenvalue weighted by Gasteiger charge is 2.31. The van der Waals surface area contributed by atoms with Crippen LogP contribution in [-0.4, -0.2) is 56.2 Å². The zero-order valence-corrected chi connectivity index (χ0v) is 23.1. The number of ether oxygens (including phenoxy) is 1. The van der Waals surface area contributed by atoms with Gasteiger partial charge in [-0.1, -0.05) is 18.2 Å². The second-order valence-corrected chi connectivity index (χ2v) is 10.5. The Kier molecular flexibility index (Phi) is 7.68. The van der Waals surface area contributed by atoms with Crippen molar-refractivity contribution in [3.63, 3.8) is 0 Å². The SMILES string of the molecule is CNC(C)(C)C=C(C#N)C(=O)N1CCC[C@@H](n2nc(-c3ccc(Oc4ccccc4)cc3F)c3c(N)ncnc32)C1. The Morgan fingerprint density at radius 2 is 2.00 bits per heavy atom. The van der Waals surface area contributed by atoms with Crippen molar-refractivity contribution in [2.75, 3.05) is 25.9 Å². The number of para-hydroxylation sites is 1. The molecule has 0 saturated carbocycles. The first kappa shape index (κ1) is 27.7. The number of nitrogens with one attached hydrogen (secondary N) is 1. The molecule has 0 unspecified atom stereocenters. The van der Waals surface area contributed by atoms with Gasteiger partial charge in [0.15, 0.2) is 5.65 Å². The number of likely N-dealkylation sites (tertiary alicyclic amines) is 1. The largest absolute Gasteiger partial charge is 0.457 e. The van der Waals surface area contributed by atoms with E-state index >= 15 is 4.39 Å². The van der Waals surface area contributed by atoms with Gasteiger partial charge >= 0.3 is 0 Å². The standard InChI is InChI=1S/C30H31FN8O2/c1-30(2,34-3)15-19(16-32)29(40)38-13-7-8-20(17-38)39-28-25(27(33)35-18-36-28)26(37-39)23-12-11-22(14-24(23)31)41-21-9-5-4-6-10-21/h4-6,9-12,14-15,18,20,34H,7-8,13,17H2,1-3H3,(H2,33,35,36)/t20-/m1/s1. The normalized spacial score (nSPS) is 16.0. The number of nitrogen functional groups attached to an aromatic ring is 1. The number of benzene rings is 2. The van der Waals surface area contributed by atoms with Gasteiger partial charge in [0.25, 0.3) is 5.91 Å². The van der Waals surface area contributed by atoms with Crippen LogP contribution in [0.25, 0.3) is 22.3 Å². The van der Waals surface area contributed by atoms with E-state index in [1.54, 1.807) is 47.0 Å². The molecule has 1 fully saturated rings.